The van der Waals surface area contributed by atoms with E-state index in [4.69, 9.17) is 4.74 Å². The Morgan fingerprint density at radius 2 is 2.16 bits per heavy atom. The van der Waals surface area contributed by atoms with E-state index in [9.17, 15) is 4.79 Å². The van der Waals surface area contributed by atoms with Crippen LogP contribution in [0.25, 0.3) is 0 Å². The second-order valence-corrected chi connectivity index (χ2v) is 5.04. The van der Waals surface area contributed by atoms with Crippen LogP contribution in [-0.2, 0) is 4.79 Å². The molecule has 1 aromatic rings. The molecular formula is C15H22N2O2. The number of rotatable bonds is 5. The number of likely N-dealkylation sites (tertiary alicyclic amines) is 1. The number of nitrogens with zero attached hydrogens (tertiary/aromatic N) is 1. The van der Waals surface area contributed by atoms with Crippen molar-refractivity contribution in [1.29, 1.82) is 0 Å². The quantitative estimate of drug-likeness (QED) is 0.876. The van der Waals surface area contributed by atoms with Gasteiger partial charge >= 0.3 is 0 Å². The van der Waals surface area contributed by atoms with Gasteiger partial charge in [0.2, 0.25) is 0 Å². The van der Waals surface area contributed by atoms with Gasteiger partial charge in [0.05, 0.1) is 0 Å². The summed E-state index contributed by atoms with van der Waals surface area (Å²) in [7, 11) is 1.92. The van der Waals surface area contributed by atoms with Crippen LogP contribution in [0.5, 0.6) is 5.75 Å². The third-order valence-electron chi connectivity index (χ3n) is 3.52. The molecule has 1 saturated heterocycles. The van der Waals surface area contributed by atoms with E-state index in [0.717, 1.165) is 31.7 Å². The van der Waals surface area contributed by atoms with Gasteiger partial charge in [-0.25, -0.2) is 0 Å². The fraction of sp³-hybridized carbons (Fsp3) is 0.533. The van der Waals surface area contributed by atoms with Crippen molar-refractivity contribution in [2.75, 3.05) is 26.7 Å². The van der Waals surface area contributed by atoms with Crippen molar-refractivity contribution in [3.63, 3.8) is 0 Å². The number of carbonyl (C=O) groups excluding carboxylic acids is 1. The van der Waals surface area contributed by atoms with Crippen LogP contribution in [0.1, 0.15) is 18.4 Å². The van der Waals surface area contributed by atoms with Gasteiger partial charge in [-0.1, -0.05) is 17.7 Å². The number of aryl methyl sites for hydroxylation is 1. The molecule has 0 radical (unpaired) electrons. The molecule has 4 heteroatoms. The Kier molecular flexibility index (Phi) is 4.80. The largest absolute Gasteiger partial charge is 0.484 e. The Bertz CT molecular complexity index is 417. The molecule has 0 unspecified atom stereocenters. The maximum absolute atomic E-state index is 12.1. The van der Waals surface area contributed by atoms with Gasteiger partial charge in [-0.2, -0.15) is 0 Å². The lowest BCUT2D eigenvalue weighted by atomic mass is 10.2. The molecule has 1 heterocycles. The zero-order valence-corrected chi connectivity index (χ0v) is 11.7. The number of benzene rings is 1. The highest BCUT2D eigenvalue weighted by Crippen LogP contribution is 2.17. The normalized spacial score (nSPS) is 18.6. The summed E-state index contributed by atoms with van der Waals surface area (Å²) in [6, 6.07) is 8.09. The number of ether oxygens (including phenoxy) is 1. The van der Waals surface area contributed by atoms with Crippen LogP contribution in [0.3, 0.4) is 0 Å². The summed E-state index contributed by atoms with van der Waals surface area (Å²) >= 11 is 0. The molecule has 1 fully saturated rings. The summed E-state index contributed by atoms with van der Waals surface area (Å²) in [6.45, 7) is 3.86. The van der Waals surface area contributed by atoms with E-state index in [0.29, 0.717) is 6.04 Å². The Morgan fingerprint density at radius 3 is 2.84 bits per heavy atom. The fourth-order valence-corrected chi connectivity index (χ4v) is 2.47. The van der Waals surface area contributed by atoms with Crippen molar-refractivity contribution >= 4 is 5.91 Å². The van der Waals surface area contributed by atoms with E-state index in [2.05, 4.69) is 5.32 Å². The minimum Gasteiger partial charge on any atom is -0.484 e. The zero-order valence-electron chi connectivity index (χ0n) is 11.7. The molecule has 0 saturated carbocycles. The number of nitrogens with one attached hydrogen (secondary N) is 1. The first kappa shape index (κ1) is 13.9. The Balaban J connectivity index is 1.85. The molecule has 0 aromatic heterocycles. The van der Waals surface area contributed by atoms with E-state index < -0.39 is 0 Å². The maximum Gasteiger partial charge on any atom is 0.260 e. The number of hydrogen-bond donors (Lipinski definition) is 1. The van der Waals surface area contributed by atoms with Crippen LogP contribution in [0.4, 0.5) is 0 Å². The van der Waals surface area contributed by atoms with E-state index in [1.165, 1.54) is 5.56 Å². The van der Waals surface area contributed by atoms with Gasteiger partial charge in [0.15, 0.2) is 6.61 Å². The predicted molar refractivity (Wildman–Crippen MR) is 75.3 cm³/mol. The number of carbonyl (C=O) groups is 1. The van der Waals surface area contributed by atoms with Crippen LogP contribution in [0.2, 0.25) is 0 Å². The highest BCUT2D eigenvalue weighted by atomic mass is 16.5. The minimum absolute atomic E-state index is 0.0818. The van der Waals surface area contributed by atoms with Gasteiger partial charge in [-0.3, -0.25) is 4.79 Å². The van der Waals surface area contributed by atoms with Gasteiger partial charge in [-0.05, 0) is 38.9 Å². The van der Waals surface area contributed by atoms with E-state index >= 15 is 0 Å². The van der Waals surface area contributed by atoms with Gasteiger partial charge in [-0.15, -0.1) is 0 Å². The van der Waals surface area contributed by atoms with Crippen LogP contribution >= 0.6 is 0 Å². The lowest BCUT2D eigenvalue weighted by molar-refractivity contribution is -0.134. The van der Waals surface area contributed by atoms with Gasteiger partial charge in [0.25, 0.3) is 5.91 Å². The summed E-state index contributed by atoms with van der Waals surface area (Å²) in [6.07, 6.45) is 2.17. The van der Waals surface area contributed by atoms with Crippen molar-refractivity contribution in [3.8, 4) is 5.75 Å². The smallest absolute Gasteiger partial charge is 0.260 e. The van der Waals surface area contributed by atoms with Crippen molar-refractivity contribution in [3.05, 3.63) is 29.8 Å². The molecule has 104 valence electrons. The first-order chi connectivity index (χ1) is 9.20. The average Bonchev–Trinajstić information content (AvgIpc) is 2.86. The maximum atomic E-state index is 12.1. The third kappa shape index (κ3) is 3.70. The topological polar surface area (TPSA) is 41.6 Å². The lowest BCUT2D eigenvalue weighted by Gasteiger charge is -2.24. The predicted octanol–water partition coefficient (Wildman–Crippen LogP) is 1.58. The highest BCUT2D eigenvalue weighted by Gasteiger charge is 2.28. The molecule has 1 aromatic carbocycles. The van der Waals surface area contributed by atoms with Gasteiger partial charge < -0.3 is 15.0 Å². The molecule has 0 aliphatic carbocycles. The summed E-state index contributed by atoms with van der Waals surface area (Å²) in [5.41, 5.74) is 1.19. The van der Waals surface area contributed by atoms with Crippen molar-refractivity contribution in [2.24, 2.45) is 0 Å². The van der Waals surface area contributed by atoms with Crippen LogP contribution in [0.15, 0.2) is 24.3 Å². The Morgan fingerprint density at radius 1 is 1.42 bits per heavy atom. The second kappa shape index (κ2) is 6.57. The van der Waals surface area contributed by atoms with Crippen molar-refractivity contribution < 1.29 is 9.53 Å². The number of likely N-dealkylation sites (N-methyl/N-ethyl adjacent to an activating group) is 1. The second-order valence-electron chi connectivity index (χ2n) is 5.04. The number of hydrogen-bond acceptors (Lipinski definition) is 3. The van der Waals surface area contributed by atoms with Crippen LogP contribution in [-0.4, -0.2) is 43.6 Å². The minimum atomic E-state index is 0.0818. The summed E-state index contributed by atoms with van der Waals surface area (Å²) in [4.78, 5) is 14.1. The number of amides is 1. The van der Waals surface area contributed by atoms with Gasteiger partial charge in [0, 0.05) is 19.1 Å². The summed E-state index contributed by atoms with van der Waals surface area (Å²) in [5.74, 6) is 0.835. The molecule has 1 N–H and O–H groups in total. The molecule has 1 aliphatic rings. The van der Waals surface area contributed by atoms with Crippen molar-refractivity contribution in [2.45, 2.75) is 25.8 Å². The lowest BCUT2D eigenvalue weighted by Crippen LogP contribution is -2.43. The molecule has 0 spiro atoms. The molecule has 1 atom stereocenters. The molecule has 1 aliphatic heterocycles. The van der Waals surface area contributed by atoms with Gasteiger partial charge in [0.1, 0.15) is 5.75 Å². The highest BCUT2D eigenvalue weighted by molar-refractivity contribution is 5.78. The molecule has 1 amide bonds. The zero-order chi connectivity index (χ0) is 13.7. The molecule has 4 nitrogen and oxygen atoms in total. The molecule has 19 heavy (non-hydrogen) atoms. The SMILES string of the molecule is CNC[C@H]1CCCN1C(=O)COc1ccc(C)cc1. The molecule has 0 bridgehead atoms. The van der Waals surface area contributed by atoms with Crippen LogP contribution < -0.4 is 10.1 Å². The monoisotopic (exact) mass is 262 g/mol. The average molecular weight is 262 g/mol. The summed E-state index contributed by atoms with van der Waals surface area (Å²) < 4.78 is 5.55. The van der Waals surface area contributed by atoms with E-state index in [1.807, 2.05) is 43.1 Å². The first-order valence-electron chi connectivity index (χ1n) is 6.84. The van der Waals surface area contributed by atoms with E-state index in [-0.39, 0.29) is 12.5 Å². The molecular weight excluding hydrogens is 240 g/mol. The standard InChI is InChI=1S/C15H22N2O2/c1-12-5-7-14(8-6-12)19-11-15(18)17-9-3-4-13(17)10-16-2/h5-8,13,16H,3-4,9-11H2,1-2H3/t13-/m1/s1. The van der Waals surface area contributed by atoms with Crippen LogP contribution in [0, 0.1) is 6.92 Å². The van der Waals surface area contributed by atoms with Crippen molar-refractivity contribution in [1.82, 2.24) is 10.2 Å². The van der Waals surface area contributed by atoms with E-state index in [1.54, 1.807) is 0 Å². The molecule has 2 rings (SSSR count). The Hall–Kier alpha value is -1.55. The summed E-state index contributed by atoms with van der Waals surface area (Å²) in [5, 5.41) is 3.14. The fourth-order valence-electron chi connectivity index (χ4n) is 2.47. The first-order valence-corrected chi connectivity index (χ1v) is 6.84. The third-order valence-corrected chi connectivity index (χ3v) is 3.52. The Labute approximate surface area is 114 Å².